The first-order valence-electron chi connectivity index (χ1n) is 6.84. The van der Waals surface area contributed by atoms with Gasteiger partial charge in [0.15, 0.2) is 5.16 Å². The van der Waals surface area contributed by atoms with Gasteiger partial charge < -0.3 is 10.3 Å². The van der Waals surface area contributed by atoms with Crippen LogP contribution in [0, 0.1) is 6.92 Å². The number of hydrogen-bond acceptors (Lipinski definition) is 6. The van der Waals surface area contributed by atoms with Gasteiger partial charge in [-0.05, 0) is 20.3 Å². The zero-order valence-corrected chi connectivity index (χ0v) is 13.8. The van der Waals surface area contributed by atoms with Gasteiger partial charge in [-0.3, -0.25) is 4.79 Å². The molecule has 21 heavy (non-hydrogen) atoms. The summed E-state index contributed by atoms with van der Waals surface area (Å²) in [5.41, 5.74) is 8.17. The largest absolute Gasteiger partial charge is 0.370 e. The van der Waals surface area contributed by atoms with Gasteiger partial charge in [0.1, 0.15) is 5.82 Å². The maximum Gasteiger partial charge on any atom is 0.217 e. The standard InChI is InChI=1S/C13H19N5OS2/c1-3-18-12(5-4-11(14)19)16-17-13(18)20-7-6-10-9(2)15-8-21-10/h8H,3-7H2,1-2H3,(H2,14,19). The first-order chi connectivity index (χ1) is 10.1. The molecule has 0 atom stereocenters. The lowest BCUT2D eigenvalue weighted by Crippen LogP contribution is -2.13. The molecule has 8 heteroatoms. The van der Waals surface area contributed by atoms with Crippen molar-refractivity contribution in [3.8, 4) is 0 Å². The number of primary amides is 1. The third-order valence-electron chi connectivity index (χ3n) is 3.11. The van der Waals surface area contributed by atoms with Gasteiger partial charge in [0.25, 0.3) is 0 Å². The van der Waals surface area contributed by atoms with E-state index < -0.39 is 0 Å². The Kier molecular flexibility index (Phi) is 5.75. The quantitative estimate of drug-likeness (QED) is 0.748. The second-order valence-electron chi connectivity index (χ2n) is 4.57. The first-order valence-corrected chi connectivity index (χ1v) is 8.70. The summed E-state index contributed by atoms with van der Waals surface area (Å²) in [6, 6.07) is 0. The molecule has 6 nitrogen and oxygen atoms in total. The van der Waals surface area contributed by atoms with Crippen LogP contribution in [0.15, 0.2) is 10.7 Å². The number of carbonyl (C=O) groups is 1. The van der Waals surface area contributed by atoms with Gasteiger partial charge in [-0.2, -0.15) is 0 Å². The lowest BCUT2D eigenvalue weighted by molar-refractivity contribution is -0.118. The van der Waals surface area contributed by atoms with Crippen molar-refractivity contribution in [3.05, 3.63) is 21.9 Å². The van der Waals surface area contributed by atoms with E-state index in [-0.39, 0.29) is 5.91 Å². The Morgan fingerprint density at radius 2 is 2.24 bits per heavy atom. The lowest BCUT2D eigenvalue weighted by atomic mass is 10.3. The summed E-state index contributed by atoms with van der Waals surface area (Å²) < 4.78 is 2.05. The van der Waals surface area contributed by atoms with Crippen LogP contribution in [0.5, 0.6) is 0 Å². The molecule has 2 heterocycles. The monoisotopic (exact) mass is 325 g/mol. The Labute approximate surface area is 132 Å². The summed E-state index contributed by atoms with van der Waals surface area (Å²) in [7, 11) is 0. The molecule has 0 fully saturated rings. The molecule has 0 spiro atoms. The highest BCUT2D eigenvalue weighted by atomic mass is 32.2. The van der Waals surface area contributed by atoms with E-state index in [9.17, 15) is 4.79 Å². The van der Waals surface area contributed by atoms with Crippen molar-refractivity contribution in [1.82, 2.24) is 19.7 Å². The Morgan fingerprint density at radius 1 is 1.43 bits per heavy atom. The molecule has 0 unspecified atom stereocenters. The summed E-state index contributed by atoms with van der Waals surface area (Å²) >= 11 is 3.38. The van der Waals surface area contributed by atoms with Crippen molar-refractivity contribution >= 4 is 29.0 Å². The van der Waals surface area contributed by atoms with Crippen LogP contribution in [-0.4, -0.2) is 31.4 Å². The highest BCUT2D eigenvalue weighted by Crippen LogP contribution is 2.21. The minimum atomic E-state index is -0.310. The van der Waals surface area contributed by atoms with Crippen LogP contribution in [0.2, 0.25) is 0 Å². The van der Waals surface area contributed by atoms with E-state index in [4.69, 9.17) is 5.73 Å². The normalized spacial score (nSPS) is 11.0. The molecule has 0 radical (unpaired) electrons. The van der Waals surface area contributed by atoms with Gasteiger partial charge in [-0.25, -0.2) is 4.98 Å². The van der Waals surface area contributed by atoms with Gasteiger partial charge in [-0.15, -0.1) is 21.5 Å². The molecular formula is C13H19N5OS2. The fraction of sp³-hybridized carbons (Fsp3) is 0.538. The third kappa shape index (κ3) is 4.28. The lowest BCUT2D eigenvalue weighted by Gasteiger charge is -2.06. The Bertz CT molecular complexity index is 607. The summed E-state index contributed by atoms with van der Waals surface area (Å²) in [5, 5.41) is 9.29. The number of carbonyl (C=O) groups excluding carboxylic acids is 1. The van der Waals surface area contributed by atoms with Crippen LogP contribution < -0.4 is 5.73 Å². The summed E-state index contributed by atoms with van der Waals surface area (Å²) in [6.07, 6.45) is 1.84. The molecule has 0 bridgehead atoms. The summed E-state index contributed by atoms with van der Waals surface area (Å²) in [4.78, 5) is 16.4. The molecule has 2 N–H and O–H groups in total. The van der Waals surface area contributed by atoms with Gasteiger partial charge in [0, 0.05) is 30.0 Å². The number of thiazole rings is 1. The van der Waals surface area contributed by atoms with Crippen molar-refractivity contribution in [3.63, 3.8) is 0 Å². The molecule has 1 amide bonds. The highest BCUT2D eigenvalue weighted by molar-refractivity contribution is 7.99. The molecule has 2 rings (SSSR count). The fourth-order valence-corrected chi connectivity index (χ4v) is 3.85. The zero-order chi connectivity index (χ0) is 15.2. The number of nitrogens with two attached hydrogens (primary N) is 1. The van der Waals surface area contributed by atoms with Gasteiger partial charge in [0.05, 0.1) is 11.2 Å². The number of amides is 1. The van der Waals surface area contributed by atoms with Gasteiger partial charge in [0.2, 0.25) is 5.91 Å². The van der Waals surface area contributed by atoms with E-state index in [2.05, 4.69) is 22.1 Å². The number of rotatable bonds is 8. The van der Waals surface area contributed by atoms with Crippen molar-refractivity contribution < 1.29 is 4.79 Å². The van der Waals surface area contributed by atoms with Crippen LogP contribution in [-0.2, 0) is 24.2 Å². The Balaban J connectivity index is 1.93. The Morgan fingerprint density at radius 3 is 2.86 bits per heavy atom. The minimum Gasteiger partial charge on any atom is -0.370 e. The zero-order valence-electron chi connectivity index (χ0n) is 12.2. The minimum absolute atomic E-state index is 0.308. The smallest absolute Gasteiger partial charge is 0.217 e. The first kappa shape index (κ1) is 16.0. The second-order valence-corrected chi connectivity index (χ2v) is 6.57. The molecule has 0 aliphatic carbocycles. The maximum absolute atomic E-state index is 10.9. The third-order valence-corrected chi connectivity index (χ3v) is 5.07. The van der Waals surface area contributed by atoms with E-state index >= 15 is 0 Å². The average molecular weight is 325 g/mol. The molecule has 0 aliphatic rings. The molecular weight excluding hydrogens is 306 g/mol. The molecule has 114 valence electrons. The van der Waals surface area contributed by atoms with E-state index in [1.54, 1.807) is 23.1 Å². The fourth-order valence-electron chi connectivity index (χ4n) is 1.96. The second kappa shape index (κ2) is 7.56. The summed E-state index contributed by atoms with van der Waals surface area (Å²) in [6.45, 7) is 4.88. The SMILES string of the molecule is CCn1c(CCC(N)=O)nnc1SCCc1scnc1C. The number of aromatic nitrogens is 4. The van der Waals surface area contributed by atoms with Gasteiger partial charge >= 0.3 is 0 Å². The van der Waals surface area contributed by atoms with Crippen molar-refractivity contribution in [1.29, 1.82) is 0 Å². The summed E-state index contributed by atoms with van der Waals surface area (Å²) in [5.74, 6) is 1.46. The highest BCUT2D eigenvalue weighted by Gasteiger charge is 2.12. The average Bonchev–Trinajstić information content (AvgIpc) is 3.03. The van der Waals surface area contributed by atoms with E-state index in [0.29, 0.717) is 12.8 Å². The molecule has 2 aromatic heterocycles. The predicted molar refractivity (Wildman–Crippen MR) is 84.5 cm³/mol. The number of aryl methyl sites for hydroxylation is 3. The predicted octanol–water partition coefficient (Wildman–Crippen LogP) is 1.82. The van der Waals surface area contributed by atoms with E-state index in [1.807, 2.05) is 17.0 Å². The molecule has 0 aliphatic heterocycles. The molecule has 0 aromatic carbocycles. The van der Waals surface area contributed by atoms with E-state index in [1.165, 1.54) is 4.88 Å². The van der Waals surface area contributed by atoms with Crippen LogP contribution in [0.25, 0.3) is 0 Å². The number of thioether (sulfide) groups is 1. The van der Waals surface area contributed by atoms with E-state index in [0.717, 1.165) is 35.4 Å². The van der Waals surface area contributed by atoms with Crippen molar-refractivity contribution in [2.45, 2.75) is 44.8 Å². The number of nitrogens with zero attached hydrogens (tertiary/aromatic N) is 4. The van der Waals surface area contributed by atoms with Crippen LogP contribution >= 0.6 is 23.1 Å². The van der Waals surface area contributed by atoms with Gasteiger partial charge in [-0.1, -0.05) is 11.8 Å². The van der Waals surface area contributed by atoms with Crippen LogP contribution in [0.4, 0.5) is 0 Å². The van der Waals surface area contributed by atoms with Crippen molar-refractivity contribution in [2.24, 2.45) is 5.73 Å². The molecule has 0 saturated heterocycles. The Hall–Kier alpha value is -1.41. The van der Waals surface area contributed by atoms with Crippen molar-refractivity contribution in [2.75, 3.05) is 5.75 Å². The topological polar surface area (TPSA) is 86.7 Å². The van der Waals surface area contributed by atoms with Crippen LogP contribution in [0.1, 0.15) is 29.7 Å². The maximum atomic E-state index is 10.9. The molecule has 2 aromatic rings. The molecule has 0 saturated carbocycles. The number of hydrogen-bond donors (Lipinski definition) is 1. The van der Waals surface area contributed by atoms with Crippen LogP contribution in [0.3, 0.4) is 0 Å².